The number of benzene rings is 3. The number of nitrogens with zero attached hydrogens (tertiary/aromatic N) is 2. The molecule has 0 aromatic heterocycles. The zero-order valence-electron chi connectivity index (χ0n) is 18.4. The normalized spacial score (nSPS) is 14.7. The molecule has 0 atom stereocenters. The SMILES string of the molecule is COc1cc(/C=C2\SC(=O)N(Cc3ccccc3C#N)C2=O)ccc1OS(=O)(=O)c1ccccc1. The van der Waals surface area contributed by atoms with Gasteiger partial charge in [0.15, 0.2) is 11.5 Å². The van der Waals surface area contributed by atoms with Crippen LogP contribution in [0.1, 0.15) is 16.7 Å². The minimum Gasteiger partial charge on any atom is -0.493 e. The Morgan fingerprint density at radius 1 is 1.00 bits per heavy atom. The lowest BCUT2D eigenvalue weighted by atomic mass is 10.1. The molecule has 0 spiro atoms. The molecule has 3 aromatic rings. The lowest BCUT2D eigenvalue weighted by Crippen LogP contribution is -2.27. The van der Waals surface area contributed by atoms with Crippen molar-refractivity contribution in [1.82, 2.24) is 4.90 Å². The van der Waals surface area contributed by atoms with E-state index in [4.69, 9.17) is 8.92 Å². The van der Waals surface area contributed by atoms with E-state index in [1.807, 2.05) is 0 Å². The zero-order valence-corrected chi connectivity index (χ0v) is 20.0. The summed E-state index contributed by atoms with van der Waals surface area (Å²) < 4.78 is 35.6. The van der Waals surface area contributed by atoms with Gasteiger partial charge in [-0.05, 0) is 59.3 Å². The number of hydrogen-bond donors (Lipinski definition) is 0. The van der Waals surface area contributed by atoms with Gasteiger partial charge in [0.1, 0.15) is 4.90 Å². The van der Waals surface area contributed by atoms with Crippen LogP contribution in [0.15, 0.2) is 82.6 Å². The fourth-order valence-corrected chi connectivity index (χ4v) is 5.12. The molecule has 35 heavy (non-hydrogen) atoms. The lowest BCUT2D eigenvalue weighted by Gasteiger charge is -2.13. The van der Waals surface area contributed by atoms with Crippen molar-refractivity contribution in [3.05, 3.63) is 94.4 Å². The van der Waals surface area contributed by atoms with Crippen LogP contribution < -0.4 is 8.92 Å². The van der Waals surface area contributed by atoms with Crippen LogP contribution in [0, 0.1) is 11.3 Å². The Bertz CT molecular complexity index is 1480. The number of thioether (sulfide) groups is 1. The summed E-state index contributed by atoms with van der Waals surface area (Å²) in [6, 6.07) is 21.0. The topological polar surface area (TPSA) is 114 Å². The predicted octanol–water partition coefficient (Wildman–Crippen LogP) is 4.57. The average molecular weight is 507 g/mol. The van der Waals surface area contributed by atoms with Gasteiger partial charge in [-0.3, -0.25) is 14.5 Å². The third-order valence-electron chi connectivity index (χ3n) is 5.06. The Morgan fingerprint density at radius 3 is 2.43 bits per heavy atom. The molecule has 0 bridgehead atoms. The van der Waals surface area contributed by atoms with E-state index in [2.05, 4.69) is 6.07 Å². The minimum atomic E-state index is -4.07. The maximum Gasteiger partial charge on any atom is 0.339 e. The van der Waals surface area contributed by atoms with Crippen molar-refractivity contribution in [3.8, 4) is 17.6 Å². The van der Waals surface area contributed by atoms with E-state index in [1.165, 1.54) is 37.5 Å². The van der Waals surface area contributed by atoms with Crippen LogP contribution in [0.5, 0.6) is 11.5 Å². The van der Waals surface area contributed by atoms with Crippen molar-refractivity contribution in [2.24, 2.45) is 0 Å². The molecule has 0 unspecified atom stereocenters. The maximum absolute atomic E-state index is 12.9. The third kappa shape index (κ3) is 5.21. The first-order valence-corrected chi connectivity index (χ1v) is 12.5. The first kappa shape index (κ1) is 24.1. The Labute approximate surface area is 206 Å². The number of carbonyl (C=O) groups excluding carboxylic acids is 2. The van der Waals surface area contributed by atoms with E-state index >= 15 is 0 Å². The quantitative estimate of drug-likeness (QED) is 0.338. The average Bonchev–Trinajstić information content (AvgIpc) is 3.13. The standard InChI is InChI=1S/C25H18N2O6S2/c1-32-22-13-17(11-12-21(22)33-35(30,31)20-9-3-2-4-10-20)14-23-24(28)27(25(29)34-23)16-19-8-6-5-7-18(19)15-26/h2-14H,16H2,1H3/b23-14-. The number of ether oxygens (including phenoxy) is 1. The zero-order chi connectivity index (χ0) is 25.0. The number of carbonyl (C=O) groups is 2. The summed E-state index contributed by atoms with van der Waals surface area (Å²) in [5.41, 5.74) is 1.47. The molecule has 176 valence electrons. The highest BCUT2D eigenvalue weighted by molar-refractivity contribution is 8.18. The first-order chi connectivity index (χ1) is 16.8. The highest BCUT2D eigenvalue weighted by atomic mass is 32.2. The second-order valence-electron chi connectivity index (χ2n) is 7.30. The molecular formula is C25H18N2O6S2. The van der Waals surface area contributed by atoms with E-state index in [1.54, 1.807) is 48.5 Å². The second kappa shape index (κ2) is 10.0. The lowest BCUT2D eigenvalue weighted by molar-refractivity contribution is -0.123. The second-order valence-corrected chi connectivity index (χ2v) is 9.84. The van der Waals surface area contributed by atoms with Crippen molar-refractivity contribution in [2.45, 2.75) is 11.4 Å². The third-order valence-corrected chi connectivity index (χ3v) is 7.21. The van der Waals surface area contributed by atoms with Gasteiger partial charge in [-0.2, -0.15) is 13.7 Å². The number of imide groups is 1. The highest BCUT2D eigenvalue weighted by Gasteiger charge is 2.35. The monoisotopic (exact) mass is 506 g/mol. The Morgan fingerprint density at radius 2 is 1.71 bits per heavy atom. The molecule has 0 aliphatic carbocycles. The van der Waals surface area contributed by atoms with Gasteiger partial charge in [0, 0.05) is 0 Å². The largest absolute Gasteiger partial charge is 0.493 e. The summed E-state index contributed by atoms with van der Waals surface area (Å²) in [4.78, 5) is 26.6. The van der Waals surface area contributed by atoms with Crippen LogP contribution in [-0.2, 0) is 21.5 Å². The van der Waals surface area contributed by atoms with Crippen molar-refractivity contribution >= 4 is 39.1 Å². The van der Waals surface area contributed by atoms with Gasteiger partial charge in [0.05, 0.1) is 30.2 Å². The van der Waals surface area contributed by atoms with Crippen LogP contribution in [0.4, 0.5) is 4.79 Å². The molecule has 0 N–H and O–H groups in total. The molecule has 1 aliphatic heterocycles. The number of hydrogen-bond acceptors (Lipinski definition) is 8. The van der Waals surface area contributed by atoms with E-state index in [0.717, 1.165) is 16.7 Å². The number of rotatable bonds is 7. The molecule has 4 rings (SSSR count). The van der Waals surface area contributed by atoms with E-state index in [-0.39, 0.29) is 27.8 Å². The Kier molecular flexibility index (Phi) is 6.91. The number of nitriles is 1. The molecule has 8 nitrogen and oxygen atoms in total. The predicted molar refractivity (Wildman–Crippen MR) is 130 cm³/mol. The van der Waals surface area contributed by atoms with Gasteiger partial charge in [-0.15, -0.1) is 0 Å². The number of methoxy groups -OCH3 is 1. The summed E-state index contributed by atoms with van der Waals surface area (Å²) >= 11 is 0.782. The van der Waals surface area contributed by atoms with Gasteiger partial charge >= 0.3 is 10.1 Å². The summed E-state index contributed by atoms with van der Waals surface area (Å²) in [5.74, 6) is -0.367. The molecule has 1 aliphatic rings. The number of amides is 2. The van der Waals surface area contributed by atoms with Gasteiger partial charge in [-0.1, -0.05) is 42.5 Å². The summed E-state index contributed by atoms with van der Waals surface area (Å²) in [6.45, 7) is -0.0147. The van der Waals surface area contributed by atoms with Gasteiger partial charge in [0.25, 0.3) is 11.1 Å². The van der Waals surface area contributed by atoms with Crippen molar-refractivity contribution < 1.29 is 26.9 Å². The van der Waals surface area contributed by atoms with Crippen LogP contribution in [0.2, 0.25) is 0 Å². The Hall–Kier alpha value is -4.07. The van der Waals surface area contributed by atoms with E-state index in [0.29, 0.717) is 16.7 Å². The maximum atomic E-state index is 12.9. The molecular weight excluding hydrogens is 488 g/mol. The molecule has 1 fully saturated rings. The van der Waals surface area contributed by atoms with Crippen molar-refractivity contribution in [2.75, 3.05) is 7.11 Å². The summed E-state index contributed by atoms with van der Waals surface area (Å²) in [5, 5.41) is 8.81. The molecule has 3 aromatic carbocycles. The summed E-state index contributed by atoms with van der Waals surface area (Å²) in [7, 11) is -2.71. The van der Waals surface area contributed by atoms with Gasteiger partial charge < -0.3 is 8.92 Å². The Balaban J connectivity index is 1.56. The molecule has 0 radical (unpaired) electrons. The molecule has 1 heterocycles. The molecule has 2 amide bonds. The first-order valence-electron chi connectivity index (χ1n) is 10.2. The fraction of sp³-hybridized carbons (Fsp3) is 0.0800. The van der Waals surface area contributed by atoms with Crippen LogP contribution in [-0.4, -0.2) is 31.6 Å². The molecule has 1 saturated heterocycles. The van der Waals surface area contributed by atoms with Gasteiger partial charge in [0.2, 0.25) is 0 Å². The van der Waals surface area contributed by atoms with Gasteiger partial charge in [-0.25, -0.2) is 0 Å². The van der Waals surface area contributed by atoms with Crippen molar-refractivity contribution in [1.29, 1.82) is 5.26 Å². The summed E-state index contributed by atoms with van der Waals surface area (Å²) in [6.07, 6.45) is 1.51. The highest BCUT2D eigenvalue weighted by Crippen LogP contribution is 2.36. The molecule has 0 saturated carbocycles. The fourth-order valence-electron chi connectivity index (χ4n) is 3.32. The van der Waals surface area contributed by atoms with Crippen molar-refractivity contribution in [3.63, 3.8) is 0 Å². The van der Waals surface area contributed by atoms with E-state index in [9.17, 15) is 23.3 Å². The minimum absolute atomic E-state index is 0.00206. The van der Waals surface area contributed by atoms with Crippen LogP contribution in [0.3, 0.4) is 0 Å². The van der Waals surface area contributed by atoms with E-state index < -0.39 is 21.3 Å². The van der Waals surface area contributed by atoms with Crippen LogP contribution >= 0.6 is 11.8 Å². The molecule has 10 heteroatoms. The van der Waals surface area contributed by atoms with Crippen LogP contribution in [0.25, 0.3) is 6.08 Å². The smallest absolute Gasteiger partial charge is 0.339 e.